The second-order valence-corrected chi connectivity index (χ2v) is 8.98. The van der Waals surface area contributed by atoms with Crippen LogP contribution in [0.2, 0.25) is 0 Å². The lowest BCUT2D eigenvalue weighted by atomic mass is 9.78. The fourth-order valence-corrected chi connectivity index (χ4v) is 2.88. The van der Waals surface area contributed by atoms with Crippen molar-refractivity contribution in [1.82, 2.24) is 0 Å². The first-order valence-corrected chi connectivity index (χ1v) is 9.75. The average molecular weight is 403 g/mol. The molecule has 1 rings (SSSR count). The third kappa shape index (κ3) is 5.55. The number of esters is 2. The van der Waals surface area contributed by atoms with Gasteiger partial charge in [-0.05, 0) is 66.5 Å². The lowest BCUT2D eigenvalue weighted by molar-refractivity contribution is -0.166. The van der Waals surface area contributed by atoms with Crippen molar-refractivity contribution in [3.8, 4) is 0 Å². The van der Waals surface area contributed by atoms with E-state index in [1.807, 2.05) is 44.2 Å². The quantitative estimate of drug-likeness (QED) is 0.359. The lowest BCUT2D eigenvalue weighted by Gasteiger charge is -2.34. The maximum Gasteiger partial charge on any atom is 0.319 e. The first-order chi connectivity index (χ1) is 13.2. The molecule has 1 aromatic carbocycles. The molecule has 160 valence electrons. The Hall–Kier alpha value is -2.43. The summed E-state index contributed by atoms with van der Waals surface area (Å²) in [5.41, 5.74) is -0.788. The highest BCUT2D eigenvalue weighted by Crippen LogP contribution is 2.36. The maximum absolute atomic E-state index is 12.9. The van der Waals surface area contributed by atoms with Crippen LogP contribution in [-0.2, 0) is 30.3 Å². The number of carbonyl (C=O) groups is 3. The highest BCUT2D eigenvalue weighted by atomic mass is 16.6. The van der Waals surface area contributed by atoms with E-state index >= 15 is 0 Å². The molecule has 29 heavy (non-hydrogen) atoms. The van der Waals surface area contributed by atoms with Crippen molar-refractivity contribution in [3.05, 3.63) is 47.0 Å². The van der Waals surface area contributed by atoms with Gasteiger partial charge in [0.05, 0.1) is 12.5 Å². The molecule has 5 nitrogen and oxygen atoms in total. The zero-order valence-electron chi connectivity index (χ0n) is 19.1. The molecule has 0 N–H and O–H groups in total. The normalized spacial score (nSPS) is 13.4. The zero-order valence-corrected chi connectivity index (χ0v) is 19.1. The minimum absolute atomic E-state index is 0.159. The lowest BCUT2D eigenvalue weighted by Crippen LogP contribution is -2.42. The molecule has 5 heteroatoms. The highest BCUT2D eigenvalue weighted by molar-refractivity contribution is 6.04. The monoisotopic (exact) mass is 402 g/mol. The average Bonchev–Trinajstić information content (AvgIpc) is 2.66. The van der Waals surface area contributed by atoms with Crippen LogP contribution in [0.4, 0.5) is 0 Å². The van der Waals surface area contributed by atoms with Gasteiger partial charge in [0, 0.05) is 6.42 Å². The van der Waals surface area contributed by atoms with Crippen LogP contribution >= 0.6 is 0 Å². The van der Waals surface area contributed by atoms with Crippen molar-refractivity contribution in [2.45, 2.75) is 67.4 Å². The summed E-state index contributed by atoms with van der Waals surface area (Å²) in [6, 6.07) is 9.31. The van der Waals surface area contributed by atoms with Crippen molar-refractivity contribution >= 4 is 17.7 Å². The Morgan fingerprint density at radius 1 is 0.793 bits per heavy atom. The summed E-state index contributed by atoms with van der Waals surface area (Å²) in [5.74, 6) is -1.17. The van der Waals surface area contributed by atoms with Gasteiger partial charge in [-0.1, -0.05) is 35.9 Å². The van der Waals surface area contributed by atoms with Crippen molar-refractivity contribution in [1.29, 1.82) is 0 Å². The summed E-state index contributed by atoms with van der Waals surface area (Å²) < 4.78 is 10.7. The number of hydrogen-bond donors (Lipinski definition) is 0. The third-order valence-electron chi connectivity index (χ3n) is 5.86. The van der Waals surface area contributed by atoms with Crippen molar-refractivity contribution < 1.29 is 23.9 Å². The van der Waals surface area contributed by atoms with Gasteiger partial charge in [-0.3, -0.25) is 14.4 Å². The summed E-state index contributed by atoms with van der Waals surface area (Å²) in [7, 11) is 1.35. The van der Waals surface area contributed by atoms with Crippen LogP contribution < -0.4 is 0 Å². The molecule has 1 aromatic rings. The number of ketones is 1. The Morgan fingerprint density at radius 3 is 1.79 bits per heavy atom. The molecule has 0 atom stereocenters. The van der Waals surface area contributed by atoms with E-state index in [1.165, 1.54) is 7.11 Å². The Morgan fingerprint density at radius 2 is 1.31 bits per heavy atom. The molecule has 0 unspecified atom stereocenters. The molecule has 0 spiro atoms. The van der Waals surface area contributed by atoms with Crippen LogP contribution in [0, 0.1) is 10.8 Å². The predicted molar refractivity (Wildman–Crippen MR) is 113 cm³/mol. The molecular formula is C24H34O5. The van der Waals surface area contributed by atoms with Gasteiger partial charge in [-0.25, -0.2) is 0 Å². The Labute approximate surface area is 174 Å². The number of carbonyl (C=O) groups excluding carboxylic acids is 3. The largest absolute Gasteiger partial charge is 0.468 e. The van der Waals surface area contributed by atoms with Crippen molar-refractivity contribution in [2.24, 2.45) is 10.8 Å². The molecule has 0 amide bonds. The van der Waals surface area contributed by atoms with Crippen LogP contribution in [0.15, 0.2) is 41.5 Å². The van der Waals surface area contributed by atoms with Gasteiger partial charge in [0.25, 0.3) is 0 Å². The Kier molecular flexibility index (Phi) is 7.58. The van der Waals surface area contributed by atoms with Crippen LogP contribution in [0.25, 0.3) is 0 Å². The number of ether oxygens (including phenoxy) is 2. The number of benzene rings is 1. The van der Waals surface area contributed by atoms with Gasteiger partial charge < -0.3 is 9.47 Å². The molecule has 0 bridgehead atoms. The van der Waals surface area contributed by atoms with E-state index in [1.54, 1.807) is 41.5 Å². The standard InChI is InChI=1S/C24H34O5/c1-16(22(3,4)20(26)28-9)17(2)24(7,8)29-21(27)23(5,6)19(25)15-18-13-11-10-12-14-18/h10-14H,15H2,1-9H3/b17-16-. The molecular weight excluding hydrogens is 368 g/mol. The third-order valence-corrected chi connectivity index (χ3v) is 5.86. The number of hydrogen-bond acceptors (Lipinski definition) is 5. The number of rotatable bonds is 8. The van der Waals surface area contributed by atoms with Gasteiger partial charge in [0.1, 0.15) is 11.0 Å². The van der Waals surface area contributed by atoms with E-state index in [2.05, 4.69) is 0 Å². The van der Waals surface area contributed by atoms with E-state index in [0.29, 0.717) is 0 Å². The zero-order chi connectivity index (χ0) is 22.6. The van der Waals surface area contributed by atoms with Crippen molar-refractivity contribution in [3.63, 3.8) is 0 Å². The summed E-state index contributed by atoms with van der Waals surface area (Å²) in [5, 5.41) is 0. The molecule has 0 radical (unpaired) electrons. The fraction of sp³-hybridized carbons (Fsp3) is 0.542. The van der Waals surface area contributed by atoms with E-state index in [-0.39, 0.29) is 18.2 Å². The summed E-state index contributed by atoms with van der Waals surface area (Å²) in [4.78, 5) is 37.8. The van der Waals surface area contributed by atoms with Crippen LogP contribution in [0.1, 0.15) is 61.0 Å². The van der Waals surface area contributed by atoms with Crippen LogP contribution in [0.5, 0.6) is 0 Å². The molecule has 0 aliphatic rings. The van der Waals surface area contributed by atoms with Crippen molar-refractivity contribution in [2.75, 3.05) is 7.11 Å². The van der Waals surface area contributed by atoms with Gasteiger partial charge in [-0.2, -0.15) is 0 Å². The topological polar surface area (TPSA) is 69.7 Å². The molecule has 0 aliphatic heterocycles. The first kappa shape index (κ1) is 24.6. The summed E-state index contributed by atoms with van der Waals surface area (Å²) in [6.07, 6.45) is 0.159. The number of Topliss-reactive ketones (excluding diaryl/α,β-unsaturated/α-hetero) is 1. The first-order valence-electron chi connectivity index (χ1n) is 9.75. The van der Waals surface area contributed by atoms with Gasteiger partial charge in [0.2, 0.25) is 0 Å². The molecule has 0 saturated carbocycles. The van der Waals surface area contributed by atoms with E-state index in [4.69, 9.17) is 9.47 Å². The Bertz CT molecular complexity index is 798. The van der Waals surface area contributed by atoms with Crippen LogP contribution in [-0.4, -0.2) is 30.4 Å². The second kappa shape index (κ2) is 8.93. The van der Waals surface area contributed by atoms with Gasteiger partial charge >= 0.3 is 11.9 Å². The molecule has 0 fully saturated rings. The minimum Gasteiger partial charge on any atom is -0.468 e. The Balaban J connectivity index is 3.06. The fourth-order valence-electron chi connectivity index (χ4n) is 2.88. The van der Waals surface area contributed by atoms with Gasteiger partial charge in [-0.15, -0.1) is 0 Å². The summed E-state index contributed by atoms with van der Waals surface area (Å²) >= 11 is 0. The molecule has 0 aromatic heterocycles. The van der Waals surface area contributed by atoms with E-state index in [0.717, 1.165) is 16.7 Å². The summed E-state index contributed by atoms with van der Waals surface area (Å²) in [6.45, 7) is 13.9. The van der Waals surface area contributed by atoms with E-state index in [9.17, 15) is 14.4 Å². The molecule has 0 heterocycles. The second-order valence-electron chi connectivity index (χ2n) is 8.98. The smallest absolute Gasteiger partial charge is 0.319 e. The number of methoxy groups -OCH3 is 1. The maximum atomic E-state index is 12.9. The van der Waals surface area contributed by atoms with Gasteiger partial charge in [0.15, 0.2) is 5.78 Å². The van der Waals surface area contributed by atoms with Crippen LogP contribution in [0.3, 0.4) is 0 Å². The highest BCUT2D eigenvalue weighted by Gasteiger charge is 2.42. The molecule has 0 aliphatic carbocycles. The minimum atomic E-state index is -1.29. The molecule has 0 saturated heterocycles. The predicted octanol–water partition coefficient (Wildman–Crippen LogP) is 4.68. The SMILES string of the molecule is COC(=O)C(C)(C)/C(C)=C(/C)C(C)(C)OC(=O)C(C)(C)C(=O)Cc1ccccc1. The van der Waals surface area contributed by atoms with E-state index < -0.39 is 22.4 Å².